The average Bonchev–Trinajstić information content (AvgIpc) is 3.18. The second-order valence-corrected chi connectivity index (χ2v) is 16.9. The Kier molecular flexibility index (Phi) is 9.02. The minimum absolute atomic E-state index is 0.0702. The van der Waals surface area contributed by atoms with E-state index in [2.05, 4.69) is 49.8 Å². The number of nitrogens with one attached hydrogen (secondary N) is 2. The van der Waals surface area contributed by atoms with Crippen LogP contribution in [0.5, 0.6) is 0 Å². The summed E-state index contributed by atoms with van der Waals surface area (Å²) in [5.74, 6) is -0.564. The van der Waals surface area contributed by atoms with Gasteiger partial charge in [-0.2, -0.15) is 0 Å². The largest absolute Gasteiger partial charge is 0.376 e. The Morgan fingerprint density at radius 1 is 0.886 bits per heavy atom. The molecule has 0 bridgehead atoms. The molecule has 3 amide bonds. The molecular formula is C36H61N5O3. The van der Waals surface area contributed by atoms with Crippen LogP contribution in [0.25, 0.3) is 0 Å². The molecule has 5 fully saturated rings. The number of piperidine rings is 1. The zero-order valence-electron chi connectivity index (χ0n) is 28.8. The summed E-state index contributed by atoms with van der Waals surface area (Å²) in [5.41, 5.74) is 6.54. The van der Waals surface area contributed by atoms with Crippen LogP contribution < -0.4 is 16.4 Å². The van der Waals surface area contributed by atoms with Crippen molar-refractivity contribution < 1.29 is 14.4 Å². The van der Waals surface area contributed by atoms with Crippen LogP contribution in [-0.2, 0) is 14.4 Å². The maximum Gasteiger partial charge on any atom is 0.246 e. The molecule has 248 valence electrons. The number of carbonyl (C=O) groups is 3. The molecule has 2 heterocycles. The van der Waals surface area contributed by atoms with Crippen molar-refractivity contribution in [2.24, 2.45) is 33.3 Å². The number of hydrogen-bond donors (Lipinski definition) is 3. The highest BCUT2D eigenvalue weighted by molar-refractivity contribution is 5.94. The van der Waals surface area contributed by atoms with Crippen LogP contribution in [0.2, 0.25) is 0 Å². The van der Waals surface area contributed by atoms with Crippen molar-refractivity contribution in [3.05, 3.63) is 12.3 Å². The van der Waals surface area contributed by atoms with Crippen molar-refractivity contribution in [1.82, 2.24) is 20.4 Å². The predicted molar refractivity (Wildman–Crippen MR) is 175 cm³/mol. The molecule has 44 heavy (non-hydrogen) atoms. The van der Waals surface area contributed by atoms with E-state index in [1.165, 1.54) is 19.3 Å². The van der Waals surface area contributed by atoms with Crippen LogP contribution in [0, 0.1) is 27.6 Å². The molecule has 3 aliphatic carbocycles. The molecule has 2 spiro atoms. The summed E-state index contributed by atoms with van der Waals surface area (Å²) in [6.07, 6.45) is 12.9. The number of fused-ring (bicyclic) bond motifs is 1. The smallest absolute Gasteiger partial charge is 0.246 e. The lowest BCUT2D eigenvalue weighted by Crippen LogP contribution is -2.61. The van der Waals surface area contributed by atoms with Gasteiger partial charge in [0.15, 0.2) is 0 Å². The molecule has 0 radical (unpaired) electrons. The number of hydrogen-bond acceptors (Lipinski definition) is 5. The van der Waals surface area contributed by atoms with Gasteiger partial charge in [-0.3, -0.25) is 19.3 Å². The molecular weight excluding hydrogens is 550 g/mol. The number of amides is 3. The maximum absolute atomic E-state index is 14.5. The fourth-order valence-electron chi connectivity index (χ4n) is 10.2. The summed E-state index contributed by atoms with van der Waals surface area (Å²) < 4.78 is 0. The second-order valence-electron chi connectivity index (χ2n) is 16.9. The zero-order chi connectivity index (χ0) is 32.2. The van der Waals surface area contributed by atoms with E-state index in [4.69, 9.17) is 5.73 Å². The van der Waals surface area contributed by atoms with E-state index >= 15 is 0 Å². The second kappa shape index (κ2) is 11.9. The van der Waals surface area contributed by atoms with Crippen molar-refractivity contribution in [2.75, 3.05) is 13.1 Å². The molecule has 5 atom stereocenters. The van der Waals surface area contributed by atoms with Gasteiger partial charge in [-0.1, -0.05) is 73.3 Å². The van der Waals surface area contributed by atoms with Crippen molar-refractivity contribution in [1.29, 1.82) is 0 Å². The van der Waals surface area contributed by atoms with Gasteiger partial charge in [0.1, 0.15) is 18.1 Å². The predicted octanol–water partition coefficient (Wildman–Crippen LogP) is 5.12. The lowest BCUT2D eigenvalue weighted by Gasteiger charge is -2.42. The molecule has 5 rings (SSSR count). The molecule has 5 aliphatic rings. The Morgan fingerprint density at radius 3 is 2.05 bits per heavy atom. The summed E-state index contributed by atoms with van der Waals surface area (Å²) in [6, 6.07) is -1.26. The van der Waals surface area contributed by atoms with E-state index in [1.54, 1.807) is 4.90 Å². The summed E-state index contributed by atoms with van der Waals surface area (Å²) in [5, 5.41) is 6.90. The molecule has 4 N–H and O–H groups in total. The third-order valence-electron chi connectivity index (χ3n) is 13.2. The van der Waals surface area contributed by atoms with Crippen molar-refractivity contribution >= 4 is 17.7 Å². The third kappa shape index (κ3) is 5.39. The van der Waals surface area contributed by atoms with Crippen LogP contribution in [0.15, 0.2) is 12.3 Å². The highest BCUT2D eigenvalue weighted by Crippen LogP contribution is 2.88. The van der Waals surface area contributed by atoms with Gasteiger partial charge in [-0.25, -0.2) is 0 Å². The Labute approximate surface area is 266 Å². The molecule has 3 saturated carbocycles. The molecule has 2 saturated heterocycles. The Balaban J connectivity index is 1.37. The third-order valence-corrected chi connectivity index (χ3v) is 13.2. The molecule has 1 unspecified atom stereocenters. The van der Waals surface area contributed by atoms with Crippen LogP contribution in [-0.4, -0.2) is 70.8 Å². The number of likely N-dealkylation sites (tertiary alicyclic amines) is 2. The molecule has 0 aromatic rings. The average molecular weight is 612 g/mol. The zero-order valence-corrected chi connectivity index (χ0v) is 28.8. The number of rotatable bonds is 9. The van der Waals surface area contributed by atoms with Crippen LogP contribution in [0.4, 0.5) is 0 Å². The number of primary amides is 1. The van der Waals surface area contributed by atoms with Gasteiger partial charge in [-0.15, -0.1) is 0 Å². The van der Waals surface area contributed by atoms with Crippen molar-refractivity contribution in [2.45, 2.75) is 156 Å². The Morgan fingerprint density at radius 2 is 1.52 bits per heavy atom. The van der Waals surface area contributed by atoms with E-state index in [-0.39, 0.29) is 40.0 Å². The van der Waals surface area contributed by atoms with E-state index < -0.39 is 29.4 Å². The first-order valence-corrected chi connectivity index (χ1v) is 17.7. The summed E-state index contributed by atoms with van der Waals surface area (Å²) in [4.78, 5) is 46.0. The first kappa shape index (κ1) is 33.3. The molecule has 2 aliphatic heterocycles. The SMILES string of the molecule is C=C(NC(C(=O)N[C@H](C(=O)N1C[C@]2(C[C@H]1C(N)=O)C(C)(C)C21CCC1)C(C)(C)C)C1CCCCC1)[C@H]1CCCCN1C(C)C. The minimum atomic E-state index is -0.769. The number of nitrogens with two attached hydrogens (primary N) is 1. The first-order chi connectivity index (χ1) is 20.6. The van der Waals surface area contributed by atoms with Crippen molar-refractivity contribution in [3.63, 3.8) is 0 Å². The maximum atomic E-state index is 14.5. The monoisotopic (exact) mass is 611 g/mol. The van der Waals surface area contributed by atoms with E-state index in [0.717, 1.165) is 63.6 Å². The topological polar surface area (TPSA) is 108 Å². The normalized spacial score (nSPS) is 31.4. The fourth-order valence-corrected chi connectivity index (χ4v) is 10.2. The summed E-state index contributed by atoms with van der Waals surface area (Å²) >= 11 is 0. The van der Waals surface area contributed by atoms with Gasteiger partial charge in [-0.05, 0) is 87.5 Å². The highest BCUT2D eigenvalue weighted by atomic mass is 16.2. The minimum Gasteiger partial charge on any atom is -0.376 e. The van der Waals surface area contributed by atoms with E-state index in [1.807, 2.05) is 20.8 Å². The lowest BCUT2D eigenvalue weighted by molar-refractivity contribution is -0.143. The fraction of sp³-hybridized carbons (Fsp3) is 0.861. The standard InChI is InChI=1S/C36H61N5O3/c1-23(2)40-20-13-12-17-26(40)24(3)38-28(25-15-10-9-11-16-25)31(43)39-29(33(4,5)6)32(44)41-22-36(21-27(41)30(37)42)34(7,8)35(36)18-14-19-35/h23,25-29,38H,3,9-22H2,1-2,4-8H3,(H2,37,42)(H,39,43)/t26-,27+,28?,29-,36-/m1/s1. The van der Waals surface area contributed by atoms with Gasteiger partial charge < -0.3 is 21.3 Å². The molecule has 0 aromatic heterocycles. The van der Waals surface area contributed by atoms with E-state index in [9.17, 15) is 14.4 Å². The van der Waals surface area contributed by atoms with Crippen LogP contribution >= 0.6 is 0 Å². The Hall–Kier alpha value is -2.09. The van der Waals surface area contributed by atoms with Crippen LogP contribution in [0.1, 0.15) is 126 Å². The van der Waals surface area contributed by atoms with Crippen LogP contribution in [0.3, 0.4) is 0 Å². The van der Waals surface area contributed by atoms with Crippen molar-refractivity contribution in [3.8, 4) is 0 Å². The van der Waals surface area contributed by atoms with Gasteiger partial charge in [0.05, 0.1) is 0 Å². The molecule has 0 aromatic carbocycles. The molecule has 8 nitrogen and oxygen atoms in total. The first-order valence-electron chi connectivity index (χ1n) is 17.7. The quantitative estimate of drug-likeness (QED) is 0.336. The lowest BCUT2D eigenvalue weighted by atomic mass is 9.73. The van der Waals surface area contributed by atoms with Gasteiger partial charge >= 0.3 is 0 Å². The summed E-state index contributed by atoms with van der Waals surface area (Å²) in [7, 11) is 0. The molecule has 8 heteroatoms. The van der Waals surface area contributed by atoms with Gasteiger partial charge in [0.2, 0.25) is 17.7 Å². The number of nitrogens with zero attached hydrogens (tertiary/aromatic N) is 2. The Bertz CT molecular complexity index is 1130. The van der Waals surface area contributed by atoms with E-state index in [0.29, 0.717) is 19.0 Å². The number of carbonyl (C=O) groups excluding carboxylic acids is 3. The highest BCUT2D eigenvalue weighted by Gasteiger charge is 2.85. The van der Waals surface area contributed by atoms with Gasteiger partial charge in [0, 0.05) is 29.7 Å². The van der Waals surface area contributed by atoms with Gasteiger partial charge in [0.25, 0.3) is 0 Å². The summed E-state index contributed by atoms with van der Waals surface area (Å²) in [6.45, 7) is 21.1.